The number of hydrogen-bond donors (Lipinski definition) is 2. The Morgan fingerprint density at radius 2 is 2.14 bits per heavy atom. The molecule has 0 aliphatic carbocycles. The molecule has 114 valence electrons. The molecular weight excluding hydrogens is 298 g/mol. The van der Waals surface area contributed by atoms with Gasteiger partial charge in [-0.1, -0.05) is 18.2 Å². The monoisotopic (exact) mass is 315 g/mol. The lowest BCUT2D eigenvalue weighted by atomic mass is 10.1. The number of rotatable bonds is 4. The molecule has 0 aliphatic rings. The van der Waals surface area contributed by atoms with E-state index in [0.717, 1.165) is 33.4 Å². The molecule has 0 bridgehead atoms. The Balaban J connectivity index is 2.34. The van der Waals surface area contributed by atoms with Gasteiger partial charge in [0.1, 0.15) is 9.71 Å². The number of nitrogens with zero attached hydrogens (tertiary/aromatic N) is 1. The highest BCUT2D eigenvalue weighted by molar-refractivity contribution is 7.21. The Morgan fingerprint density at radius 3 is 2.86 bits per heavy atom. The van der Waals surface area contributed by atoms with E-state index >= 15 is 0 Å². The summed E-state index contributed by atoms with van der Waals surface area (Å²) in [5.41, 5.74) is 8.46. The number of ether oxygens (including phenoxy) is 1. The van der Waals surface area contributed by atoms with Gasteiger partial charge in [-0.3, -0.25) is 0 Å². The lowest BCUT2D eigenvalue weighted by Crippen LogP contribution is -2.05. The van der Waals surface area contributed by atoms with E-state index in [1.807, 2.05) is 31.2 Å². The Kier molecular flexibility index (Phi) is 3.85. The summed E-state index contributed by atoms with van der Waals surface area (Å²) in [4.78, 5) is 17.9. The molecule has 0 saturated heterocycles. The first-order chi connectivity index (χ1) is 10.7. The van der Waals surface area contributed by atoms with Gasteiger partial charge >= 0.3 is 5.97 Å². The van der Waals surface area contributed by atoms with Crippen LogP contribution in [0.5, 0.6) is 0 Å². The van der Waals surface area contributed by atoms with Gasteiger partial charge in [-0.2, -0.15) is 0 Å². The predicted octanol–water partition coefficient (Wildman–Crippen LogP) is 3.64. The molecule has 0 amide bonds. The van der Waals surface area contributed by atoms with E-state index in [1.165, 1.54) is 11.3 Å². The van der Waals surface area contributed by atoms with Crippen LogP contribution in [0.2, 0.25) is 0 Å². The molecular formula is C16H17N3O2S. The first-order valence-corrected chi connectivity index (χ1v) is 8.00. The van der Waals surface area contributed by atoms with Crippen molar-refractivity contribution in [1.82, 2.24) is 4.98 Å². The largest absolute Gasteiger partial charge is 0.462 e. The van der Waals surface area contributed by atoms with Crippen molar-refractivity contribution >= 4 is 49.8 Å². The molecule has 22 heavy (non-hydrogen) atoms. The Labute approximate surface area is 132 Å². The predicted molar refractivity (Wildman–Crippen MR) is 91.7 cm³/mol. The van der Waals surface area contributed by atoms with Gasteiger partial charge < -0.3 is 15.8 Å². The zero-order valence-corrected chi connectivity index (χ0v) is 13.3. The molecule has 0 fully saturated rings. The molecule has 0 radical (unpaired) electrons. The standard InChI is InChI=1S/C16H17N3O2S/c1-3-18-13-9-7-5-6-8-10(9)19-15-11(13)12(17)14(22-15)16(20)21-4-2/h5-8H,3-4,17H2,1-2H3,(H,18,19). The summed E-state index contributed by atoms with van der Waals surface area (Å²) in [6.07, 6.45) is 0. The number of pyridine rings is 1. The van der Waals surface area contributed by atoms with Gasteiger partial charge in [-0.25, -0.2) is 9.78 Å². The topological polar surface area (TPSA) is 77.2 Å². The fourth-order valence-electron chi connectivity index (χ4n) is 2.49. The first kappa shape index (κ1) is 14.6. The number of anilines is 2. The van der Waals surface area contributed by atoms with Gasteiger partial charge in [-0.15, -0.1) is 11.3 Å². The molecule has 3 N–H and O–H groups in total. The molecule has 0 atom stereocenters. The van der Waals surface area contributed by atoms with Crippen molar-refractivity contribution in [2.45, 2.75) is 13.8 Å². The van der Waals surface area contributed by atoms with Crippen LogP contribution in [-0.4, -0.2) is 24.1 Å². The van der Waals surface area contributed by atoms with Crippen molar-refractivity contribution in [3.8, 4) is 0 Å². The van der Waals surface area contributed by atoms with Crippen LogP contribution in [0.1, 0.15) is 23.5 Å². The van der Waals surface area contributed by atoms with Crippen molar-refractivity contribution in [3.63, 3.8) is 0 Å². The van der Waals surface area contributed by atoms with Crippen molar-refractivity contribution in [1.29, 1.82) is 0 Å². The SMILES string of the molecule is CCNc1c2ccccc2nc2sc(C(=O)OCC)c(N)c12. The summed E-state index contributed by atoms with van der Waals surface area (Å²) in [5.74, 6) is -0.394. The molecule has 2 aromatic heterocycles. The van der Waals surface area contributed by atoms with Crippen LogP contribution in [0.4, 0.5) is 11.4 Å². The molecule has 0 saturated carbocycles. The van der Waals surface area contributed by atoms with E-state index in [4.69, 9.17) is 10.5 Å². The summed E-state index contributed by atoms with van der Waals surface area (Å²) >= 11 is 1.28. The average Bonchev–Trinajstić information content (AvgIpc) is 2.84. The molecule has 6 heteroatoms. The zero-order chi connectivity index (χ0) is 15.7. The fraction of sp³-hybridized carbons (Fsp3) is 0.250. The van der Waals surface area contributed by atoms with E-state index in [-0.39, 0.29) is 0 Å². The third kappa shape index (κ3) is 2.25. The normalized spacial score (nSPS) is 11.0. The number of nitrogens with one attached hydrogen (secondary N) is 1. The second-order valence-electron chi connectivity index (χ2n) is 4.78. The summed E-state index contributed by atoms with van der Waals surface area (Å²) in [6.45, 7) is 4.88. The lowest BCUT2D eigenvalue weighted by Gasteiger charge is -2.10. The number of nitrogens with two attached hydrogens (primary N) is 1. The van der Waals surface area contributed by atoms with E-state index in [9.17, 15) is 4.79 Å². The van der Waals surface area contributed by atoms with Crippen LogP contribution in [0, 0.1) is 0 Å². The summed E-state index contributed by atoms with van der Waals surface area (Å²) < 4.78 is 5.08. The van der Waals surface area contributed by atoms with Crippen molar-refractivity contribution in [2.75, 3.05) is 24.2 Å². The maximum atomic E-state index is 12.1. The Bertz CT molecular complexity index is 857. The van der Waals surface area contributed by atoms with Gasteiger partial charge in [-0.05, 0) is 19.9 Å². The number of para-hydroxylation sites is 1. The number of esters is 1. The Hall–Kier alpha value is -2.34. The molecule has 3 rings (SSSR count). The second-order valence-corrected chi connectivity index (χ2v) is 5.78. The minimum Gasteiger partial charge on any atom is -0.462 e. The second kappa shape index (κ2) is 5.81. The van der Waals surface area contributed by atoms with E-state index in [2.05, 4.69) is 10.3 Å². The number of fused-ring (bicyclic) bond motifs is 2. The number of carbonyl (C=O) groups is 1. The highest BCUT2D eigenvalue weighted by atomic mass is 32.1. The van der Waals surface area contributed by atoms with Gasteiger partial charge in [0.05, 0.1) is 28.9 Å². The average molecular weight is 315 g/mol. The van der Waals surface area contributed by atoms with Crippen LogP contribution in [0.25, 0.3) is 21.1 Å². The van der Waals surface area contributed by atoms with Gasteiger partial charge in [0.25, 0.3) is 0 Å². The van der Waals surface area contributed by atoms with E-state index in [0.29, 0.717) is 17.2 Å². The van der Waals surface area contributed by atoms with Crippen LogP contribution in [-0.2, 0) is 4.74 Å². The van der Waals surface area contributed by atoms with Crippen molar-refractivity contribution in [2.24, 2.45) is 0 Å². The minimum atomic E-state index is -0.394. The van der Waals surface area contributed by atoms with Crippen molar-refractivity contribution in [3.05, 3.63) is 29.1 Å². The van der Waals surface area contributed by atoms with E-state index in [1.54, 1.807) is 6.92 Å². The summed E-state index contributed by atoms with van der Waals surface area (Å²) in [7, 11) is 0. The number of carbonyl (C=O) groups excluding carboxylic acids is 1. The molecule has 0 spiro atoms. The number of benzene rings is 1. The summed E-state index contributed by atoms with van der Waals surface area (Å²) in [6, 6.07) is 7.86. The van der Waals surface area contributed by atoms with Gasteiger partial charge in [0.2, 0.25) is 0 Å². The molecule has 3 aromatic rings. The fourth-order valence-corrected chi connectivity index (χ4v) is 3.49. The highest BCUT2D eigenvalue weighted by Gasteiger charge is 2.22. The maximum Gasteiger partial charge on any atom is 0.350 e. The lowest BCUT2D eigenvalue weighted by molar-refractivity contribution is 0.0533. The third-order valence-electron chi connectivity index (χ3n) is 3.39. The first-order valence-electron chi connectivity index (χ1n) is 7.19. The number of thiophene rings is 1. The minimum absolute atomic E-state index is 0.321. The number of nitrogen functional groups attached to an aromatic ring is 1. The molecule has 1 aromatic carbocycles. The quantitative estimate of drug-likeness (QED) is 0.719. The smallest absolute Gasteiger partial charge is 0.350 e. The van der Waals surface area contributed by atoms with E-state index < -0.39 is 5.97 Å². The van der Waals surface area contributed by atoms with Crippen LogP contribution < -0.4 is 11.1 Å². The third-order valence-corrected chi connectivity index (χ3v) is 4.47. The van der Waals surface area contributed by atoms with Crippen LogP contribution in [0.3, 0.4) is 0 Å². The molecule has 0 aliphatic heterocycles. The zero-order valence-electron chi connectivity index (χ0n) is 12.5. The number of aromatic nitrogens is 1. The van der Waals surface area contributed by atoms with Gasteiger partial charge in [0, 0.05) is 11.9 Å². The molecule has 2 heterocycles. The number of hydrogen-bond acceptors (Lipinski definition) is 6. The van der Waals surface area contributed by atoms with Gasteiger partial charge in [0.15, 0.2) is 0 Å². The Morgan fingerprint density at radius 1 is 1.36 bits per heavy atom. The van der Waals surface area contributed by atoms with Crippen molar-refractivity contribution < 1.29 is 9.53 Å². The van der Waals surface area contributed by atoms with Crippen LogP contribution in [0.15, 0.2) is 24.3 Å². The van der Waals surface area contributed by atoms with Crippen LogP contribution >= 0.6 is 11.3 Å². The summed E-state index contributed by atoms with van der Waals surface area (Å²) in [5, 5.41) is 5.15. The molecule has 0 unspecified atom stereocenters. The molecule has 5 nitrogen and oxygen atoms in total. The maximum absolute atomic E-state index is 12.1. The highest BCUT2D eigenvalue weighted by Crippen LogP contribution is 2.41.